The first kappa shape index (κ1) is 47.6. The molecule has 0 bridgehead atoms. The van der Waals surface area contributed by atoms with Gasteiger partial charge in [0.05, 0.1) is 48.4 Å². The van der Waals surface area contributed by atoms with E-state index in [1.807, 2.05) is 30.5 Å². The van der Waals surface area contributed by atoms with Crippen molar-refractivity contribution in [1.29, 1.82) is 0 Å². The van der Waals surface area contributed by atoms with Crippen LogP contribution in [0.5, 0.6) is 34.5 Å². The summed E-state index contributed by atoms with van der Waals surface area (Å²) in [6, 6.07) is 12.0. The highest BCUT2D eigenvalue weighted by Crippen LogP contribution is 2.41. The fraction of sp³-hybridized carbons (Fsp3) is 0.341. The number of unbranched alkanes of at least 4 members (excludes halogenated alkanes) is 1. The Kier molecular flexibility index (Phi) is 20.9. The van der Waals surface area contributed by atoms with E-state index in [9.17, 15) is 19.2 Å². The molecule has 3 aromatic rings. The predicted octanol–water partition coefficient (Wildman–Crippen LogP) is 4.84. The molecule has 2 heterocycles. The van der Waals surface area contributed by atoms with Gasteiger partial charge in [0.2, 0.25) is 11.5 Å². The number of rotatable bonds is 18. The SMILES string of the molecule is COc1cc(/C=C/CCCN2CCN(Cc3ccnc(-c4cc(OC)c(OC)c(OC)c4)c3)CC2)cc(OC)c1OC.O=C(O)/C=C/C(=O)O.O=C(O)/C=C/C(=O)O. The van der Waals surface area contributed by atoms with Gasteiger partial charge in [0, 0.05) is 68.8 Å². The van der Waals surface area contributed by atoms with Crippen LogP contribution in [0.2, 0.25) is 0 Å². The van der Waals surface area contributed by atoms with E-state index in [2.05, 4.69) is 39.1 Å². The molecule has 0 spiro atoms. The van der Waals surface area contributed by atoms with Gasteiger partial charge in [-0.25, -0.2) is 19.2 Å². The minimum Gasteiger partial charge on any atom is -0.493 e. The summed E-state index contributed by atoms with van der Waals surface area (Å²) in [7, 11) is 9.74. The van der Waals surface area contributed by atoms with Gasteiger partial charge < -0.3 is 53.7 Å². The Balaban J connectivity index is 0.000000608. The lowest BCUT2D eigenvalue weighted by molar-refractivity contribution is -0.134. The lowest BCUT2D eigenvalue weighted by Crippen LogP contribution is -2.46. The molecule has 1 fully saturated rings. The van der Waals surface area contributed by atoms with Gasteiger partial charge in [-0.3, -0.25) is 9.88 Å². The van der Waals surface area contributed by atoms with E-state index in [1.54, 1.807) is 42.7 Å². The average molecular weight is 810 g/mol. The average Bonchev–Trinajstić information content (AvgIpc) is 3.22. The van der Waals surface area contributed by atoms with Crippen molar-refractivity contribution in [2.45, 2.75) is 19.4 Å². The van der Waals surface area contributed by atoms with E-state index in [0.29, 0.717) is 58.8 Å². The monoisotopic (exact) mass is 809 g/mol. The minimum atomic E-state index is -1.26. The van der Waals surface area contributed by atoms with Crippen molar-refractivity contribution in [3.8, 4) is 45.8 Å². The molecule has 58 heavy (non-hydrogen) atoms. The topological polar surface area (TPSA) is 224 Å². The zero-order chi connectivity index (χ0) is 43.0. The van der Waals surface area contributed by atoms with Crippen molar-refractivity contribution in [3.63, 3.8) is 0 Å². The van der Waals surface area contributed by atoms with Crippen molar-refractivity contribution in [3.05, 3.63) is 84.1 Å². The highest BCUT2D eigenvalue weighted by molar-refractivity contribution is 5.90. The summed E-state index contributed by atoms with van der Waals surface area (Å²) in [5.41, 5.74) is 4.07. The summed E-state index contributed by atoms with van der Waals surface area (Å²) in [6.07, 6.45) is 10.6. The van der Waals surface area contributed by atoms with E-state index in [1.165, 1.54) is 5.56 Å². The van der Waals surface area contributed by atoms with Gasteiger partial charge in [-0.1, -0.05) is 12.2 Å². The van der Waals surface area contributed by atoms with Gasteiger partial charge >= 0.3 is 23.9 Å². The third-order valence-electron chi connectivity index (χ3n) is 8.24. The number of nitrogens with zero attached hydrogens (tertiary/aromatic N) is 3. The molecule has 1 saturated heterocycles. The summed E-state index contributed by atoms with van der Waals surface area (Å²) >= 11 is 0. The quantitative estimate of drug-likeness (QED) is 0.0997. The molecule has 0 aliphatic carbocycles. The van der Waals surface area contributed by atoms with E-state index >= 15 is 0 Å². The number of aliphatic carboxylic acids is 4. The molecule has 0 amide bonds. The number of allylic oxidation sites excluding steroid dienone is 1. The fourth-order valence-corrected chi connectivity index (χ4v) is 5.52. The zero-order valence-electron chi connectivity index (χ0n) is 33.4. The Bertz CT molecular complexity index is 1790. The third-order valence-corrected chi connectivity index (χ3v) is 8.24. The number of hydrogen-bond donors (Lipinski definition) is 4. The Labute approximate surface area is 336 Å². The summed E-state index contributed by atoms with van der Waals surface area (Å²) in [5, 5.41) is 31.2. The van der Waals surface area contributed by atoms with Crippen LogP contribution < -0.4 is 28.4 Å². The van der Waals surface area contributed by atoms with Crippen LogP contribution in [0.3, 0.4) is 0 Å². The second kappa shape index (κ2) is 25.5. The maximum absolute atomic E-state index is 9.55. The molecule has 0 atom stereocenters. The van der Waals surface area contributed by atoms with Crippen LogP contribution >= 0.6 is 0 Å². The number of piperazine rings is 1. The Morgan fingerprint density at radius 2 is 1.05 bits per heavy atom. The minimum absolute atomic E-state index is 0.558. The standard InChI is InChI=1S/C33H43N3O6.2C4H4O4/c1-37-28-19-24(20-29(38-2)32(28)41-5)10-8-7-9-13-35-14-16-36(17-15-35)23-25-11-12-34-27(18-25)26-21-30(39-3)33(42-6)31(22-26)40-4;2*5-3(6)1-2-4(7)8/h8,10-12,18-22H,7,9,13-17,23H2,1-6H3;2*1-2H,(H,5,6)(H,7,8)/b10-8+;2*2-1+. The molecular weight excluding hydrogens is 758 g/mol. The number of carboxylic acids is 4. The molecule has 17 nitrogen and oxygen atoms in total. The van der Waals surface area contributed by atoms with Crippen LogP contribution in [0, 0.1) is 0 Å². The van der Waals surface area contributed by atoms with Crippen LogP contribution in [-0.2, 0) is 25.7 Å². The van der Waals surface area contributed by atoms with Crippen molar-refractivity contribution in [2.24, 2.45) is 0 Å². The molecule has 1 aliphatic heterocycles. The first-order valence-electron chi connectivity index (χ1n) is 17.7. The largest absolute Gasteiger partial charge is 0.493 e. The number of benzene rings is 2. The van der Waals surface area contributed by atoms with Crippen molar-refractivity contribution in [1.82, 2.24) is 14.8 Å². The molecule has 0 radical (unpaired) electrons. The number of carboxylic acid groups (broad SMARTS) is 4. The lowest BCUT2D eigenvalue weighted by Gasteiger charge is -2.34. The Hall–Kier alpha value is -6.59. The van der Waals surface area contributed by atoms with Crippen molar-refractivity contribution >= 4 is 30.0 Å². The zero-order valence-corrected chi connectivity index (χ0v) is 33.4. The molecule has 4 N–H and O–H groups in total. The number of pyridine rings is 1. The second-order valence-corrected chi connectivity index (χ2v) is 12.1. The second-order valence-electron chi connectivity index (χ2n) is 12.1. The molecule has 0 saturated carbocycles. The number of aromatic nitrogens is 1. The molecule has 0 unspecified atom stereocenters. The van der Waals surface area contributed by atoms with Crippen LogP contribution in [-0.4, -0.2) is 134 Å². The fourth-order valence-electron chi connectivity index (χ4n) is 5.52. The van der Waals surface area contributed by atoms with Crippen LogP contribution in [0.4, 0.5) is 0 Å². The van der Waals surface area contributed by atoms with Crippen LogP contribution in [0.15, 0.2) is 73.0 Å². The van der Waals surface area contributed by atoms with E-state index in [0.717, 1.165) is 68.9 Å². The van der Waals surface area contributed by atoms with E-state index in [4.69, 9.17) is 48.8 Å². The molecule has 1 aromatic heterocycles. The van der Waals surface area contributed by atoms with Gasteiger partial charge in [-0.2, -0.15) is 0 Å². The van der Waals surface area contributed by atoms with Crippen LogP contribution in [0.1, 0.15) is 24.0 Å². The van der Waals surface area contributed by atoms with Crippen molar-refractivity contribution < 1.29 is 68.0 Å². The smallest absolute Gasteiger partial charge is 0.328 e. The highest BCUT2D eigenvalue weighted by Gasteiger charge is 2.18. The Morgan fingerprint density at radius 1 is 0.621 bits per heavy atom. The van der Waals surface area contributed by atoms with E-state index in [-0.39, 0.29) is 0 Å². The summed E-state index contributed by atoms with van der Waals surface area (Å²) in [5.74, 6) is -1.28. The number of hydrogen-bond acceptors (Lipinski definition) is 13. The predicted molar refractivity (Wildman–Crippen MR) is 214 cm³/mol. The molecule has 17 heteroatoms. The maximum Gasteiger partial charge on any atom is 0.328 e. The summed E-state index contributed by atoms with van der Waals surface area (Å²) < 4.78 is 32.8. The number of methoxy groups -OCH3 is 6. The molecule has 314 valence electrons. The van der Waals surface area contributed by atoms with E-state index < -0.39 is 23.9 Å². The molecular formula is C41H51N3O14. The van der Waals surface area contributed by atoms with Gasteiger partial charge in [-0.05, 0) is 66.9 Å². The Morgan fingerprint density at radius 3 is 1.47 bits per heavy atom. The third kappa shape index (κ3) is 16.6. The molecule has 4 rings (SSSR count). The van der Waals surface area contributed by atoms with Gasteiger partial charge in [0.1, 0.15) is 0 Å². The highest BCUT2D eigenvalue weighted by atomic mass is 16.5. The summed E-state index contributed by atoms with van der Waals surface area (Å²) in [6.45, 7) is 6.22. The van der Waals surface area contributed by atoms with Gasteiger partial charge in [-0.15, -0.1) is 0 Å². The number of ether oxygens (including phenoxy) is 6. The summed E-state index contributed by atoms with van der Waals surface area (Å²) in [4.78, 5) is 47.9. The van der Waals surface area contributed by atoms with Crippen LogP contribution in [0.25, 0.3) is 17.3 Å². The first-order valence-corrected chi connectivity index (χ1v) is 17.7. The van der Waals surface area contributed by atoms with Crippen molar-refractivity contribution in [2.75, 3.05) is 75.4 Å². The lowest BCUT2D eigenvalue weighted by atomic mass is 10.1. The number of carbonyl (C=O) groups is 4. The molecule has 2 aromatic carbocycles. The maximum atomic E-state index is 9.55. The van der Waals surface area contributed by atoms with Gasteiger partial charge in [0.15, 0.2) is 23.0 Å². The molecule has 1 aliphatic rings. The first-order chi connectivity index (χ1) is 27.8. The normalized spacial score (nSPS) is 12.9. The van der Waals surface area contributed by atoms with Gasteiger partial charge in [0.25, 0.3) is 0 Å².